The number of aliphatic hydroxyl groups is 1. The maximum Gasteiger partial charge on any atom is 0.0676 e. The first kappa shape index (κ1) is 8.19. The van der Waals surface area contributed by atoms with Crippen molar-refractivity contribution < 1.29 is 26.2 Å². The Hall–Kier alpha value is 0.188. The van der Waals surface area contributed by atoms with E-state index in [1.54, 1.807) is 0 Å². The van der Waals surface area contributed by atoms with E-state index in [1.807, 2.05) is 0 Å². The molecule has 0 aromatic rings. The van der Waals surface area contributed by atoms with Gasteiger partial charge in [-0.15, -0.1) is 6.54 Å². The molecule has 1 saturated heterocycles. The van der Waals surface area contributed by atoms with E-state index in [2.05, 4.69) is 11.9 Å². The van der Waals surface area contributed by atoms with Gasteiger partial charge in [-0.2, -0.15) is 0 Å². The van der Waals surface area contributed by atoms with Crippen LogP contribution in [0.5, 0.6) is 0 Å². The average molecular weight is 282 g/mol. The van der Waals surface area contributed by atoms with E-state index >= 15 is 0 Å². The van der Waals surface area contributed by atoms with Gasteiger partial charge in [-0.3, -0.25) is 0 Å². The largest absolute Gasteiger partial charge is 0.653 e. The first-order valence-electron chi connectivity index (χ1n) is 2.35. The molecule has 0 aliphatic carbocycles. The van der Waals surface area contributed by atoms with Crippen LogP contribution >= 0.6 is 0 Å². The van der Waals surface area contributed by atoms with Crippen LogP contribution in [-0.2, 0) is 21.1 Å². The fourth-order valence-electron chi connectivity index (χ4n) is 0.530. The van der Waals surface area contributed by atoms with Gasteiger partial charge in [0, 0.05) is 21.1 Å². The van der Waals surface area contributed by atoms with Crippen LogP contribution in [0.2, 0.25) is 0 Å². The Morgan fingerprint density at radius 3 is 2.25 bits per heavy atom. The van der Waals surface area contributed by atoms with Crippen molar-refractivity contribution in [3.8, 4) is 0 Å². The molecule has 0 saturated carbocycles. The number of hydrogen-bond acceptors (Lipinski definition) is 1. The summed E-state index contributed by atoms with van der Waals surface area (Å²) < 4.78 is 0. The molecule has 1 heterocycles. The molecule has 1 unspecified atom stereocenters. The van der Waals surface area contributed by atoms with Gasteiger partial charge in [0.2, 0.25) is 0 Å². The molecule has 0 radical (unpaired) electrons. The van der Waals surface area contributed by atoms with E-state index in [1.165, 1.54) is 0 Å². The minimum absolute atomic E-state index is 0. The van der Waals surface area contributed by atoms with Crippen LogP contribution < -0.4 is 0 Å². The third-order valence-corrected chi connectivity index (χ3v) is 1.14. The van der Waals surface area contributed by atoms with Crippen LogP contribution in [0.4, 0.5) is 0 Å². The Morgan fingerprint density at radius 1 is 1.75 bits per heavy atom. The van der Waals surface area contributed by atoms with Crippen molar-refractivity contribution in [3.05, 3.63) is 17.7 Å². The molecule has 1 aliphatic heterocycles. The van der Waals surface area contributed by atoms with E-state index in [-0.39, 0.29) is 32.9 Å². The van der Waals surface area contributed by atoms with Gasteiger partial charge in [-0.25, -0.2) is 0 Å². The van der Waals surface area contributed by atoms with Gasteiger partial charge < -0.3 is 10.4 Å². The van der Waals surface area contributed by atoms with Crippen LogP contribution in [0.3, 0.4) is 0 Å². The topological polar surface area (TPSA) is 34.3 Å². The second kappa shape index (κ2) is 3.26. The van der Waals surface area contributed by atoms with Gasteiger partial charge in [0.1, 0.15) is 0 Å². The monoisotopic (exact) mass is 282 g/mol. The third kappa shape index (κ3) is 1.60. The van der Waals surface area contributed by atoms with E-state index in [0.29, 0.717) is 0 Å². The minimum atomic E-state index is 0. The number of aliphatic hydroxyl groups excluding tert-OH is 1. The number of nitrogens with zero attached hydrogens (tertiary/aromatic N) is 1. The molecule has 0 bridgehead atoms. The van der Waals surface area contributed by atoms with Crippen LogP contribution in [-0.4, -0.2) is 17.7 Å². The zero-order chi connectivity index (χ0) is 5.28. The zero-order valence-corrected chi connectivity index (χ0v) is 7.43. The van der Waals surface area contributed by atoms with E-state index < -0.39 is 0 Å². The molecule has 0 aromatic carbocycles. The van der Waals surface area contributed by atoms with Crippen molar-refractivity contribution in [1.82, 2.24) is 0 Å². The van der Waals surface area contributed by atoms with Crippen molar-refractivity contribution in [2.24, 2.45) is 0 Å². The van der Waals surface area contributed by atoms with Crippen molar-refractivity contribution >= 4 is 0 Å². The third-order valence-electron chi connectivity index (χ3n) is 1.14. The van der Waals surface area contributed by atoms with Crippen molar-refractivity contribution in [2.75, 3.05) is 6.54 Å². The molecule has 1 rings (SSSR count). The van der Waals surface area contributed by atoms with E-state index in [4.69, 9.17) is 5.11 Å². The van der Waals surface area contributed by atoms with Gasteiger partial charge in [0.15, 0.2) is 0 Å². The maximum absolute atomic E-state index is 8.58. The maximum atomic E-state index is 8.58. The Morgan fingerprint density at radius 2 is 2.25 bits per heavy atom. The summed E-state index contributed by atoms with van der Waals surface area (Å²) in [6.07, 6.45) is 0.981. The predicted molar refractivity (Wildman–Crippen MR) is 28.4 cm³/mol. The normalized spacial score (nSPS) is 25.2. The molecule has 2 nitrogen and oxygen atoms in total. The summed E-state index contributed by atoms with van der Waals surface area (Å²) in [7, 11) is 0. The Labute approximate surface area is 63.2 Å². The van der Waals surface area contributed by atoms with Gasteiger partial charge in [-0.1, -0.05) is 19.0 Å². The van der Waals surface area contributed by atoms with Crippen LogP contribution in [0.15, 0.2) is 12.3 Å². The molecule has 3 heteroatoms. The van der Waals surface area contributed by atoms with E-state index in [0.717, 1.165) is 13.0 Å². The van der Waals surface area contributed by atoms with E-state index in [9.17, 15) is 0 Å². The summed E-state index contributed by atoms with van der Waals surface area (Å²) >= 11 is 0. The van der Waals surface area contributed by atoms with Crippen LogP contribution in [0, 0.1) is 0 Å². The number of rotatable bonds is 1. The smallest absolute Gasteiger partial charge is 0.0676 e. The zero-order valence-electron chi connectivity index (χ0n) is 4.50. The van der Waals surface area contributed by atoms with Crippen LogP contribution in [0.25, 0.3) is 5.32 Å². The summed E-state index contributed by atoms with van der Waals surface area (Å²) in [6.45, 7) is 4.23. The Bertz CT molecular complexity index is 90.4. The summed E-state index contributed by atoms with van der Waals surface area (Å²) in [4.78, 5) is 0. The first-order valence-corrected chi connectivity index (χ1v) is 2.35. The molecule has 46 valence electrons. The summed E-state index contributed by atoms with van der Waals surface area (Å²) in [5.41, 5.74) is 0. The molecule has 1 aliphatic rings. The standard InChI is InChI=1S/C5H8NO.W/c1-4(7)5-2-3-6-5;/h5,7H,1-3H2;/q-1;. The minimum Gasteiger partial charge on any atom is -0.653 e. The second-order valence-corrected chi connectivity index (χ2v) is 1.70. The molecule has 0 spiro atoms. The molecule has 0 amide bonds. The molecule has 1 fully saturated rings. The first-order chi connectivity index (χ1) is 3.30. The Balaban J connectivity index is 0.000000490. The predicted octanol–water partition coefficient (Wildman–Crippen LogP) is 1.20. The molecular weight excluding hydrogens is 274 g/mol. The van der Waals surface area contributed by atoms with Crippen LogP contribution in [0.1, 0.15) is 6.42 Å². The average Bonchev–Trinajstić information content (AvgIpc) is 1.23. The number of hydrogen-bond donors (Lipinski definition) is 1. The second-order valence-electron chi connectivity index (χ2n) is 1.70. The quantitative estimate of drug-likeness (QED) is 0.720. The van der Waals surface area contributed by atoms with Gasteiger partial charge in [-0.05, 0) is 0 Å². The fourth-order valence-corrected chi connectivity index (χ4v) is 0.530. The molecule has 1 N–H and O–H groups in total. The van der Waals surface area contributed by atoms with Gasteiger partial charge in [0.25, 0.3) is 0 Å². The summed E-state index contributed by atoms with van der Waals surface area (Å²) in [5, 5.41) is 12.5. The fraction of sp³-hybridized carbons (Fsp3) is 0.600. The molecule has 8 heavy (non-hydrogen) atoms. The van der Waals surface area contributed by atoms with Gasteiger partial charge >= 0.3 is 0 Å². The molecule has 0 aromatic heterocycles. The molecule has 1 atom stereocenters. The SMILES string of the molecule is C=C(O)C1CC[N-]1.[W]. The summed E-state index contributed by atoms with van der Waals surface area (Å²) in [5.74, 6) is 0.214. The Kier molecular flexibility index (Phi) is 3.34. The van der Waals surface area contributed by atoms with Gasteiger partial charge in [0.05, 0.1) is 5.76 Å². The molecular formula is C5H8NOW-. The van der Waals surface area contributed by atoms with Crippen molar-refractivity contribution in [1.29, 1.82) is 0 Å². The van der Waals surface area contributed by atoms with Crippen molar-refractivity contribution in [2.45, 2.75) is 12.5 Å². The van der Waals surface area contributed by atoms with Crippen molar-refractivity contribution in [3.63, 3.8) is 0 Å². The summed E-state index contributed by atoms with van der Waals surface area (Å²) in [6, 6.07) is 0.0694.